The van der Waals surface area contributed by atoms with Gasteiger partial charge >= 0.3 is 0 Å². The van der Waals surface area contributed by atoms with Gasteiger partial charge in [0.1, 0.15) is 17.3 Å². The van der Waals surface area contributed by atoms with E-state index < -0.39 is 0 Å². The molecule has 0 bridgehead atoms. The molecule has 9 nitrogen and oxygen atoms in total. The summed E-state index contributed by atoms with van der Waals surface area (Å²) in [4.78, 5) is 17.1. The lowest BCUT2D eigenvalue weighted by atomic mass is 10.1. The van der Waals surface area contributed by atoms with Crippen LogP contribution >= 0.6 is 23.1 Å². The molecule has 1 N–H and O–H groups in total. The van der Waals surface area contributed by atoms with Gasteiger partial charge in [0.05, 0.1) is 37.5 Å². The van der Waals surface area contributed by atoms with Crippen molar-refractivity contribution in [3.05, 3.63) is 41.7 Å². The highest BCUT2D eigenvalue weighted by Crippen LogP contribution is 2.35. The molecule has 33 heavy (non-hydrogen) atoms. The summed E-state index contributed by atoms with van der Waals surface area (Å²) in [5.41, 5.74) is 2.43. The Bertz CT molecular complexity index is 1260. The number of carbonyl (C=O) groups is 1. The number of amides is 1. The van der Waals surface area contributed by atoms with Crippen molar-refractivity contribution in [2.24, 2.45) is 0 Å². The molecule has 0 saturated heterocycles. The lowest BCUT2D eigenvalue weighted by Crippen LogP contribution is -2.14. The second-order valence-corrected chi connectivity index (χ2v) is 8.68. The van der Waals surface area contributed by atoms with Gasteiger partial charge in [0, 0.05) is 23.6 Å². The Morgan fingerprint density at radius 3 is 2.76 bits per heavy atom. The van der Waals surface area contributed by atoms with Crippen molar-refractivity contribution in [3.63, 3.8) is 0 Å². The number of carbonyl (C=O) groups excluding carboxylic acids is 1. The third-order valence-corrected chi connectivity index (χ3v) is 6.62. The third kappa shape index (κ3) is 4.88. The molecule has 172 valence electrons. The molecule has 0 aliphatic carbocycles. The zero-order chi connectivity index (χ0) is 23.4. The van der Waals surface area contributed by atoms with Crippen molar-refractivity contribution in [1.82, 2.24) is 19.7 Å². The predicted molar refractivity (Wildman–Crippen MR) is 128 cm³/mol. The number of aryl methyl sites for hydroxylation is 1. The molecule has 0 unspecified atom stereocenters. The molecule has 0 aliphatic heterocycles. The number of thioether (sulfide) groups is 1. The molecule has 1 aromatic carbocycles. The van der Waals surface area contributed by atoms with Crippen molar-refractivity contribution in [2.75, 3.05) is 25.3 Å². The van der Waals surface area contributed by atoms with Gasteiger partial charge in [-0.15, -0.1) is 21.5 Å². The Morgan fingerprint density at radius 1 is 1.21 bits per heavy atom. The van der Waals surface area contributed by atoms with E-state index >= 15 is 0 Å². The summed E-state index contributed by atoms with van der Waals surface area (Å²) in [5, 5.41) is 14.5. The van der Waals surface area contributed by atoms with Crippen molar-refractivity contribution in [1.29, 1.82) is 0 Å². The van der Waals surface area contributed by atoms with E-state index in [1.807, 2.05) is 42.0 Å². The molecule has 3 aromatic heterocycles. The predicted octanol–water partition coefficient (Wildman–Crippen LogP) is 4.74. The lowest BCUT2D eigenvalue weighted by molar-refractivity contribution is -0.113. The van der Waals surface area contributed by atoms with E-state index in [4.69, 9.17) is 13.9 Å². The number of ether oxygens (including phenoxy) is 2. The lowest BCUT2D eigenvalue weighted by Gasteiger charge is -2.08. The molecular formula is C22H23N5O4S2. The monoisotopic (exact) mass is 485 g/mol. The molecule has 0 saturated carbocycles. The molecule has 4 rings (SSSR count). The standard InChI is InChI=1S/C22H23N5O4S2/c1-5-27-20(15-8-9-31-13(15)2)25-26-22(27)33-12-19(28)24-21-23-17(11-32-21)16-7-6-14(29-3)10-18(16)30-4/h6-11H,5,12H2,1-4H3,(H,23,24,28). The van der Waals surface area contributed by atoms with Gasteiger partial charge in [0.15, 0.2) is 16.1 Å². The van der Waals surface area contributed by atoms with Crippen LogP contribution in [0.25, 0.3) is 22.6 Å². The highest BCUT2D eigenvalue weighted by molar-refractivity contribution is 7.99. The molecule has 4 aromatic rings. The van der Waals surface area contributed by atoms with Crippen LogP contribution in [0.4, 0.5) is 5.13 Å². The van der Waals surface area contributed by atoms with Crippen molar-refractivity contribution >= 4 is 34.1 Å². The Hall–Kier alpha value is -3.31. The Morgan fingerprint density at radius 2 is 2.06 bits per heavy atom. The van der Waals surface area contributed by atoms with E-state index in [0.29, 0.717) is 34.0 Å². The quantitative estimate of drug-likeness (QED) is 0.339. The number of benzene rings is 1. The molecule has 0 spiro atoms. The number of hydrogen-bond donors (Lipinski definition) is 1. The number of hydrogen-bond acceptors (Lipinski definition) is 9. The summed E-state index contributed by atoms with van der Waals surface area (Å²) < 4.78 is 18.0. The molecule has 0 radical (unpaired) electrons. The molecule has 0 aliphatic rings. The van der Waals surface area contributed by atoms with E-state index in [1.165, 1.54) is 23.1 Å². The van der Waals surface area contributed by atoms with Crippen molar-refractivity contribution in [2.45, 2.75) is 25.5 Å². The fourth-order valence-corrected chi connectivity index (χ4v) is 4.78. The van der Waals surface area contributed by atoms with Crippen LogP contribution in [0.5, 0.6) is 11.5 Å². The Balaban J connectivity index is 1.41. The Labute approximate surface area is 199 Å². The number of aromatic nitrogens is 4. The maximum atomic E-state index is 12.5. The minimum Gasteiger partial charge on any atom is -0.497 e. The highest BCUT2D eigenvalue weighted by atomic mass is 32.2. The van der Waals surface area contributed by atoms with Crippen LogP contribution in [0, 0.1) is 6.92 Å². The van der Waals surface area contributed by atoms with Crippen LogP contribution in [0.3, 0.4) is 0 Å². The molecule has 3 heterocycles. The van der Waals surface area contributed by atoms with E-state index in [-0.39, 0.29) is 11.7 Å². The minimum atomic E-state index is -0.172. The molecule has 11 heteroatoms. The van der Waals surface area contributed by atoms with E-state index in [2.05, 4.69) is 20.5 Å². The SMILES string of the molecule is CCn1c(SCC(=O)Nc2nc(-c3ccc(OC)cc3OC)cs2)nnc1-c1ccoc1C. The topological polar surface area (TPSA) is 104 Å². The number of anilines is 1. The van der Waals surface area contributed by atoms with Gasteiger partial charge in [-0.25, -0.2) is 4.98 Å². The fraction of sp³-hybridized carbons (Fsp3) is 0.273. The van der Waals surface area contributed by atoms with Crippen LogP contribution in [0.2, 0.25) is 0 Å². The summed E-state index contributed by atoms with van der Waals surface area (Å²) in [5.74, 6) is 2.86. The summed E-state index contributed by atoms with van der Waals surface area (Å²) >= 11 is 2.68. The van der Waals surface area contributed by atoms with Gasteiger partial charge in [-0.05, 0) is 32.0 Å². The number of furan rings is 1. The summed E-state index contributed by atoms with van der Waals surface area (Å²) in [6.45, 7) is 4.57. The second-order valence-electron chi connectivity index (χ2n) is 6.88. The summed E-state index contributed by atoms with van der Waals surface area (Å²) in [6, 6.07) is 7.39. The van der Waals surface area contributed by atoms with Crippen molar-refractivity contribution in [3.8, 4) is 34.1 Å². The first-order valence-electron chi connectivity index (χ1n) is 10.1. The minimum absolute atomic E-state index is 0.172. The maximum absolute atomic E-state index is 12.5. The number of methoxy groups -OCH3 is 2. The van der Waals surface area contributed by atoms with Gasteiger partial charge in [0.2, 0.25) is 5.91 Å². The van der Waals surface area contributed by atoms with E-state index in [9.17, 15) is 4.79 Å². The van der Waals surface area contributed by atoms with Gasteiger partial charge < -0.3 is 23.8 Å². The average Bonchev–Trinajstić information content (AvgIpc) is 3.56. The van der Waals surface area contributed by atoms with Gasteiger partial charge in [0.25, 0.3) is 0 Å². The van der Waals surface area contributed by atoms with E-state index in [1.54, 1.807) is 26.5 Å². The number of thiazole rings is 1. The first-order valence-corrected chi connectivity index (χ1v) is 12.0. The largest absolute Gasteiger partial charge is 0.497 e. The molecular weight excluding hydrogens is 462 g/mol. The Kier molecular flexibility index (Phi) is 6.99. The highest BCUT2D eigenvalue weighted by Gasteiger charge is 2.18. The van der Waals surface area contributed by atoms with Crippen LogP contribution < -0.4 is 14.8 Å². The number of nitrogens with one attached hydrogen (secondary N) is 1. The number of rotatable bonds is 9. The van der Waals surface area contributed by atoms with Gasteiger partial charge in [-0.2, -0.15) is 0 Å². The van der Waals surface area contributed by atoms with Gasteiger partial charge in [-0.1, -0.05) is 11.8 Å². The zero-order valence-electron chi connectivity index (χ0n) is 18.6. The third-order valence-electron chi connectivity index (χ3n) is 4.90. The van der Waals surface area contributed by atoms with Gasteiger partial charge in [-0.3, -0.25) is 4.79 Å². The first kappa shape index (κ1) is 22.9. The van der Waals surface area contributed by atoms with Crippen LogP contribution in [0.15, 0.2) is 45.5 Å². The van der Waals surface area contributed by atoms with Crippen LogP contribution in [0.1, 0.15) is 12.7 Å². The zero-order valence-corrected chi connectivity index (χ0v) is 20.2. The van der Waals surface area contributed by atoms with Crippen LogP contribution in [-0.2, 0) is 11.3 Å². The van der Waals surface area contributed by atoms with Crippen molar-refractivity contribution < 1.29 is 18.7 Å². The molecule has 1 amide bonds. The molecule has 0 fully saturated rings. The van der Waals surface area contributed by atoms with E-state index in [0.717, 1.165) is 22.7 Å². The summed E-state index contributed by atoms with van der Waals surface area (Å²) in [7, 11) is 3.20. The fourth-order valence-electron chi connectivity index (χ4n) is 3.25. The maximum Gasteiger partial charge on any atom is 0.236 e. The number of nitrogens with zero attached hydrogens (tertiary/aromatic N) is 4. The average molecular weight is 486 g/mol. The van der Waals surface area contributed by atoms with Crippen LogP contribution in [-0.4, -0.2) is 45.6 Å². The summed E-state index contributed by atoms with van der Waals surface area (Å²) in [6.07, 6.45) is 1.63. The second kappa shape index (κ2) is 10.1. The molecule has 0 atom stereocenters. The normalized spacial score (nSPS) is 10.9. The smallest absolute Gasteiger partial charge is 0.236 e. The first-order chi connectivity index (χ1) is 16.0.